The number of rotatable bonds is 3. The van der Waals surface area contributed by atoms with E-state index in [1.54, 1.807) is 4.68 Å². The highest BCUT2D eigenvalue weighted by atomic mass is 79.9. The molecule has 0 aliphatic rings. The van der Waals surface area contributed by atoms with Gasteiger partial charge in [-0.2, -0.15) is 0 Å². The molecule has 5 heteroatoms. The van der Waals surface area contributed by atoms with Gasteiger partial charge in [0.2, 0.25) is 0 Å². The first kappa shape index (κ1) is 11.8. The molecule has 1 aromatic heterocycles. The van der Waals surface area contributed by atoms with Crippen molar-refractivity contribution < 1.29 is 0 Å². The van der Waals surface area contributed by atoms with Gasteiger partial charge < -0.3 is 0 Å². The molecule has 0 saturated heterocycles. The van der Waals surface area contributed by atoms with Crippen LogP contribution in [-0.2, 0) is 0 Å². The van der Waals surface area contributed by atoms with Crippen molar-refractivity contribution in [2.45, 2.75) is 18.2 Å². The maximum Gasteiger partial charge on any atom is 0.0967 e. The summed E-state index contributed by atoms with van der Waals surface area (Å²) in [4.78, 5) is 0.267. The zero-order valence-electron chi connectivity index (χ0n) is 8.77. The molecule has 0 spiro atoms. The average molecular weight is 345 g/mol. The number of benzene rings is 1. The first-order chi connectivity index (χ1) is 7.72. The first-order valence-electron chi connectivity index (χ1n) is 5.03. The normalized spacial score (nSPS) is 12.7. The Morgan fingerprint density at radius 2 is 2.12 bits per heavy atom. The minimum Gasteiger partial charge on any atom is -0.219 e. The number of hydrogen-bond acceptors (Lipinski definition) is 2. The smallest absolute Gasteiger partial charge is 0.0967 e. The molecule has 0 fully saturated rings. The van der Waals surface area contributed by atoms with Crippen LogP contribution in [0.4, 0.5) is 0 Å². The van der Waals surface area contributed by atoms with Gasteiger partial charge in [-0.3, -0.25) is 0 Å². The summed E-state index contributed by atoms with van der Waals surface area (Å²) in [5.41, 5.74) is 1.95. The summed E-state index contributed by atoms with van der Waals surface area (Å²) in [6, 6.07) is 7.94. The number of halogens is 2. The molecular formula is C11H11Br2N3. The molecule has 3 nitrogen and oxygen atoms in total. The Morgan fingerprint density at radius 3 is 2.81 bits per heavy atom. The molecule has 16 heavy (non-hydrogen) atoms. The second kappa shape index (κ2) is 5.10. The monoisotopic (exact) mass is 343 g/mol. The van der Waals surface area contributed by atoms with E-state index in [1.807, 2.05) is 30.5 Å². The molecule has 0 radical (unpaired) electrons. The second-order valence-corrected chi connectivity index (χ2v) is 5.37. The Kier molecular flexibility index (Phi) is 3.76. The third kappa shape index (κ3) is 2.35. The van der Waals surface area contributed by atoms with E-state index in [9.17, 15) is 0 Å². The molecule has 0 aliphatic heterocycles. The molecule has 0 amide bonds. The van der Waals surface area contributed by atoms with Crippen LogP contribution in [0.3, 0.4) is 0 Å². The van der Waals surface area contributed by atoms with E-state index >= 15 is 0 Å². The molecule has 2 rings (SSSR count). The lowest BCUT2D eigenvalue weighted by Gasteiger charge is -2.02. The molecule has 0 bridgehead atoms. The molecule has 1 aromatic carbocycles. The van der Waals surface area contributed by atoms with Crippen molar-refractivity contribution in [2.24, 2.45) is 0 Å². The van der Waals surface area contributed by atoms with Gasteiger partial charge in [0.15, 0.2) is 0 Å². The number of para-hydroxylation sites is 1. The van der Waals surface area contributed by atoms with E-state index in [4.69, 9.17) is 0 Å². The van der Waals surface area contributed by atoms with Crippen molar-refractivity contribution in [3.8, 4) is 5.69 Å². The zero-order valence-corrected chi connectivity index (χ0v) is 11.9. The molecule has 1 atom stereocenters. The lowest BCUT2D eigenvalue weighted by atomic mass is 10.3. The quantitative estimate of drug-likeness (QED) is 0.791. The fourth-order valence-electron chi connectivity index (χ4n) is 1.38. The van der Waals surface area contributed by atoms with Crippen molar-refractivity contribution >= 4 is 31.9 Å². The first-order valence-corrected chi connectivity index (χ1v) is 6.74. The van der Waals surface area contributed by atoms with Crippen molar-refractivity contribution in [1.82, 2.24) is 15.0 Å². The lowest BCUT2D eigenvalue weighted by Crippen LogP contribution is -1.95. The van der Waals surface area contributed by atoms with Crippen molar-refractivity contribution in [3.05, 3.63) is 40.6 Å². The molecule has 1 heterocycles. The van der Waals surface area contributed by atoms with Crippen LogP contribution in [0.2, 0.25) is 0 Å². The Hall–Kier alpha value is -0.680. The summed E-state index contributed by atoms with van der Waals surface area (Å²) in [6.07, 6.45) is 2.94. The number of nitrogens with zero attached hydrogens (tertiary/aromatic N) is 3. The van der Waals surface area contributed by atoms with Gasteiger partial charge in [0.1, 0.15) is 0 Å². The van der Waals surface area contributed by atoms with Crippen molar-refractivity contribution in [1.29, 1.82) is 0 Å². The lowest BCUT2D eigenvalue weighted by molar-refractivity contribution is 0.788. The maximum atomic E-state index is 4.15. The molecule has 0 N–H and O–H groups in total. The Labute approximate surface area is 111 Å². The Bertz CT molecular complexity index is 482. The highest BCUT2D eigenvalue weighted by Gasteiger charge is 2.11. The Balaban J connectivity index is 2.35. The predicted molar refractivity (Wildman–Crippen MR) is 71.0 cm³/mol. The summed E-state index contributed by atoms with van der Waals surface area (Å²) >= 11 is 7.06. The van der Waals surface area contributed by atoms with Gasteiger partial charge in [-0.25, -0.2) is 4.68 Å². The van der Waals surface area contributed by atoms with Crippen LogP contribution in [0.25, 0.3) is 5.69 Å². The molecule has 1 unspecified atom stereocenters. The van der Waals surface area contributed by atoms with E-state index in [0.29, 0.717) is 0 Å². The van der Waals surface area contributed by atoms with Crippen LogP contribution < -0.4 is 0 Å². The number of aromatic nitrogens is 3. The van der Waals surface area contributed by atoms with E-state index in [1.165, 1.54) is 0 Å². The summed E-state index contributed by atoms with van der Waals surface area (Å²) in [5, 5.41) is 8.27. The van der Waals surface area contributed by atoms with Gasteiger partial charge in [0.05, 0.1) is 22.4 Å². The van der Waals surface area contributed by atoms with E-state index in [0.717, 1.165) is 22.3 Å². The molecule has 84 valence electrons. The van der Waals surface area contributed by atoms with Gasteiger partial charge in [0, 0.05) is 4.47 Å². The summed E-state index contributed by atoms with van der Waals surface area (Å²) in [7, 11) is 0. The van der Waals surface area contributed by atoms with Crippen molar-refractivity contribution in [2.75, 3.05) is 0 Å². The topological polar surface area (TPSA) is 30.7 Å². The van der Waals surface area contributed by atoms with Crippen LogP contribution in [0.1, 0.15) is 23.9 Å². The average Bonchev–Trinajstić information content (AvgIpc) is 2.78. The minimum absolute atomic E-state index is 0.267. The summed E-state index contributed by atoms with van der Waals surface area (Å²) < 4.78 is 2.79. The SMILES string of the molecule is CCC(Br)c1cn(-c2ccccc2Br)nn1. The zero-order chi connectivity index (χ0) is 11.5. The van der Waals surface area contributed by atoms with Gasteiger partial charge in [-0.1, -0.05) is 40.2 Å². The largest absolute Gasteiger partial charge is 0.219 e. The number of alkyl halides is 1. The second-order valence-electron chi connectivity index (χ2n) is 3.42. The minimum atomic E-state index is 0.267. The highest BCUT2D eigenvalue weighted by molar-refractivity contribution is 9.10. The van der Waals surface area contributed by atoms with Gasteiger partial charge >= 0.3 is 0 Å². The van der Waals surface area contributed by atoms with Crippen LogP contribution in [0, 0.1) is 0 Å². The third-order valence-electron chi connectivity index (χ3n) is 2.29. The summed E-state index contributed by atoms with van der Waals surface area (Å²) in [6.45, 7) is 2.11. The van der Waals surface area contributed by atoms with Crippen LogP contribution >= 0.6 is 31.9 Å². The highest BCUT2D eigenvalue weighted by Crippen LogP contribution is 2.25. The standard InChI is InChI=1S/C11H11Br2N3/c1-2-8(12)10-7-16(15-14-10)11-6-4-3-5-9(11)13/h3-8H,2H2,1H3. The van der Waals surface area contributed by atoms with Gasteiger partial charge in [0.25, 0.3) is 0 Å². The molecule has 0 aliphatic carbocycles. The fraction of sp³-hybridized carbons (Fsp3) is 0.273. The molecule has 2 aromatic rings. The van der Waals surface area contributed by atoms with Crippen molar-refractivity contribution in [3.63, 3.8) is 0 Å². The van der Waals surface area contributed by atoms with E-state index in [2.05, 4.69) is 49.1 Å². The van der Waals surface area contributed by atoms with Gasteiger partial charge in [-0.05, 0) is 34.5 Å². The van der Waals surface area contributed by atoms with E-state index in [-0.39, 0.29) is 4.83 Å². The van der Waals surface area contributed by atoms with Crippen LogP contribution in [0.5, 0.6) is 0 Å². The molecular weight excluding hydrogens is 334 g/mol. The van der Waals surface area contributed by atoms with E-state index < -0.39 is 0 Å². The fourth-order valence-corrected chi connectivity index (χ4v) is 2.06. The Morgan fingerprint density at radius 1 is 1.38 bits per heavy atom. The summed E-state index contributed by atoms with van der Waals surface area (Å²) in [5.74, 6) is 0. The number of hydrogen-bond donors (Lipinski definition) is 0. The van der Waals surface area contributed by atoms with Crippen LogP contribution in [0.15, 0.2) is 34.9 Å². The predicted octanol–water partition coefficient (Wildman–Crippen LogP) is 3.88. The third-order valence-corrected chi connectivity index (χ3v) is 4.08. The van der Waals surface area contributed by atoms with Crippen LogP contribution in [-0.4, -0.2) is 15.0 Å². The molecule has 0 saturated carbocycles. The van der Waals surface area contributed by atoms with Gasteiger partial charge in [-0.15, -0.1) is 5.10 Å². The maximum absolute atomic E-state index is 4.15.